The normalized spacial score (nSPS) is 22.4. The van der Waals surface area contributed by atoms with Gasteiger partial charge in [-0.25, -0.2) is 0 Å². The number of carbonyl (C=O) groups excluding carboxylic acids is 1. The molecule has 1 heterocycles. The van der Waals surface area contributed by atoms with Crippen LogP contribution in [-0.4, -0.2) is 41.7 Å². The second kappa shape index (κ2) is 6.04. The summed E-state index contributed by atoms with van der Waals surface area (Å²) < 4.78 is 5.59. The maximum Gasteiger partial charge on any atom is 0.251 e. The van der Waals surface area contributed by atoms with Crippen LogP contribution in [0.2, 0.25) is 0 Å². The minimum Gasteiger partial charge on any atom is -0.508 e. The summed E-state index contributed by atoms with van der Waals surface area (Å²) >= 11 is 0. The lowest BCUT2D eigenvalue weighted by Gasteiger charge is -2.21. The third-order valence-electron chi connectivity index (χ3n) is 3.38. The fourth-order valence-electron chi connectivity index (χ4n) is 2.26. The molecule has 2 rings (SSSR count). The summed E-state index contributed by atoms with van der Waals surface area (Å²) in [7, 11) is 1.76. The van der Waals surface area contributed by atoms with E-state index in [4.69, 9.17) is 10.5 Å². The molecular weight excluding hydrogens is 244 g/mol. The Labute approximate surface area is 113 Å². The largest absolute Gasteiger partial charge is 0.508 e. The number of phenolic OH excluding ortho intramolecular Hbond substituents is 1. The maximum absolute atomic E-state index is 12.2. The van der Waals surface area contributed by atoms with Gasteiger partial charge in [0, 0.05) is 20.1 Å². The van der Waals surface area contributed by atoms with E-state index in [1.165, 1.54) is 0 Å². The number of likely N-dealkylation sites (N-methyl/N-ethyl adjacent to an activating group) is 1. The molecular formula is C14H20N2O3. The van der Waals surface area contributed by atoms with E-state index in [2.05, 4.69) is 0 Å². The van der Waals surface area contributed by atoms with Crippen molar-refractivity contribution < 1.29 is 14.6 Å². The number of carbonyl (C=O) groups is 1. The lowest BCUT2D eigenvalue weighted by Crippen LogP contribution is -2.36. The van der Waals surface area contributed by atoms with E-state index in [9.17, 15) is 9.90 Å². The molecule has 0 aromatic heterocycles. The second-order valence-electron chi connectivity index (χ2n) is 4.92. The highest BCUT2D eigenvalue weighted by molar-refractivity contribution is 5.81. The molecule has 1 amide bonds. The molecule has 5 nitrogen and oxygen atoms in total. The Morgan fingerprint density at radius 2 is 2.11 bits per heavy atom. The molecule has 1 aromatic carbocycles. The third-order valence-corrected chi connectivity index (χ3v) is 3.38. The molecule has 0 bridgehead atoms. The van der Waals surface area contributed by atoms with Crippen LogP contribution < -0.4 is 5.73 Å². The van der Waals surface area contributed by atoms with Crippen LogP contribution in [0.3, 0.4) is 0 Å². The van der Waals surface area contributed by atoms with Gasteiger partial charge in [-0.1, -0.05) is 12.1 Å². The monoisotopic (exact) mass is 264 g/mol. The van der Waals surface area contributed by atoms with Gasteiger partial charge in [-0.3, -0.25) is 4.79 Å². The van der Waals surface area contributed by atoms with Crippen LogP contribution in [0.1, 0.15) is 18.4 Å². The molecule has 1 fully saturated rings. The van der Waals surface area contributed by atoms with Gasteiger partial charge < -0.3 is 20.5 Å². The Morgan fingerprint density at radius 3 is 2.68 bits per heavy atom. The van der Waals surface area contributed by atoms with Crippen molar-refractivity contribution in [3.05, 3.63) is 29.8 Å². The summed E-state index contributed by atoms with van der Waals surface area (Å²) in [5.41, 5.74) is 6.51. The van der Waals surface area contributed by atoms with Crippen LogP contribution in [0.15, 0.2) is 24.3 Å². The average Bonchev–Trinajstić information content (AvgIpc) is 2.89. The molecule has 2 atom stereocenters. The Bertz CT molecular complexity index is 433. The molecule has 0 spiro atoms. The number of hydrogen-bond acceptors (Lipinski definition) is 4. The summed E-state index contributed by atoms with van der Waals surface area (Å²) in [6.45, 7) is 0.970. The van der Waals surface area contributed by atoms with Gasteiger partial charge >= 0.3 is 0 Å². The van der Waals surface area contributed by atoms with Crippen molar-refractivity contribution in [1.29, 1.82) is 0 Å². The number of ether oxygens (including phenoxy) is 1. The third kappa shape index (κ3) is 3.45. The Morgan fingerprint density at radius 1 is 1.42 bits per heavy atom. The average molecular weight is 264 g/mol. The van der Waals surface area contributed by atoms with Gasteiger partial charge in [0.05, 0.1) is 6.10 Å². The molecule has 19 heavy (non-hydrogen) atoms. The van der Waals surface area contributed by atoms with E-state index < -0.39 is 0 Å². The van der Waals surface area contributed by atoms with Crippen molar-refractivity contribution in [2.45, 2.75) is 31.6 Å². The summed E-state index contributed by atoms with van der Waals surface area (Å²) in [6, 6.07) is 6.84. The lowest BCUT2D eigenvalue weighted by molar-refractivity contribution is -0.141. The minimum atomic E-state index is -0.365. The van der Waals surface area contributed by atoms with Gasteiger partial charge in [0.15, 0.2) is 0 Å². The number of hydrogen-bond donors (Lipinski definition) is 2. The Hall–Kier alpha value is -1.59. The van der Waals surface area contributed by atoms with Crippen LogP contribution in [-0.2, 0) is 16.1 Å². The second-order valence-corrected chi connectivity index (χ2v) is 4.92. The van der Waals surface area contributed by atoms with Crippen molar-refractivity contribution in [2.75, 3.05) is 13.6 Å². The van der Waals surface area contributed by atoms with Crippen LogP contribution in [0.5, 0.6) is 5.75 Å². The van der Waals surface area contributed by atoms with Crippen molar-refractivity contribution in [3.8, 4) is 5.75 Å². The fourth-order valence-corrected chi connectivity index (χ4v) is 2.26. The first-order valence-electron chi connectivity index (χ1n) is 6.48. The van der Waals surface area contributed by atoms with Crippen LogP contribution in [0, 0.1) is 0 Å². The molecule has 0 aliphatic carbocycles. The predicted octanol–water partition coefficient (Wildman–Crippen LogP) is 0.857. The van der Waals surface area contributed by atoms with Crippen LogP contribution in [0.25, 0.3) is 0 Å². The molecule has 1 saturated heterocycles. The zero-order chi connectivity index (χ0) is 13.8. The van der Waals surface area contributed by atoms with Gasteiger partial charge in [0.25, 0.3) is 5.91 Å². The van der Waals surface area contributed by atoms with E-state index in [0.29, 0.717) is 13.1 Å². The van der Waals surface area contributed by atoms with E-state index >= 15 is 0 Å². The number of aromatic hydroxyl groups is 1. The zero-order valence-electron chi connectivity index (χ0n) is 11.1. The Balaban J connectivity index is 1.91. The minimum absolute atomic E-state index is 0.0102. The van der Waals surface area contributed by atoms with Gasteiger partial charge in [-0.2, -0.15) is 0 Å². The highest BCUT2D eigenvalue weighted by Crippen LogP contribution is 2.21. The van der Waals surface area contributed by atoms with Gasteiger partial charge in [0.2, 0.25) is 0 Å². The number of amides is 1. The summed E-state index contributed by atoms with van der Waals surface area (Å²) in [5, 5.41) is 9.22. The van der Waals surface area contributed by atoms with Crippen molar-refractivity contribution in [1.82, 2.24) is 4.90 Å². The molecule has 104 valence electrons. The number of nitrogens with two attached hydrogens (primary N) is 1. The molecule has 3 N–H and O–H groups in total. The number of benzene rings is 1. The zero-order valence-corrected chi connectivity index (χ0v) is 11.1. The van der Waals surface area contributed by atoms with Gasteiger partial charge in [0.1, 0.15) is 11.9 Å². The SMILES string of the molecule is CN(Cc1ccc(O)cc1)C(=O)C1CCC(CN)O1. The predicted molar refractivity (Wildman–Crippen MR) is 71.5 cm³/mol. The van der Waals surface area contributed by atoms with E-state index in [-0.39, 0.29) is 23.9 Å². The lowest BCUT2D eigenvalue weighted by atomic mass is 10.1. The summed E-state index contributed by atoms with van der Waals surface area (Å²) in [5.74, 6) is 0.215. The summed E-state index contributed by atoms with van der Waals surface area (Å²) in [4.78, 5) is 13.8. The van der Waals surface area contributed by atoms with Crippen molar-refractivity contribution >= 4 is 5.91 Å². The maximum atomic E-state index is 12.2. The first-order chi connectivity index (χ1) is 9.10. The summed E-state index contributed by atoms with van der Waals surface area (Å²) in [6.07, 6.45) is 1.23. The molecule has 0 saturated carbocycles. The highest BCUT2D eigenvalue weighted by atomic mass is 16.5. The Kier molecular flexibility index (Phi) is 4.39. The van der Waals surface area contributed by atoms with E-state index in [0.717, 1.165) is 18.4 Å². The van der Waals surface area contributed by atoms with Crippen LogP contribution >= 0.6 is 0 Å². The molecule has 0 radical (unpaired) electrons. The van der Waals surface area contributed by atoms with E-state index in [1.807, 2.05) is 0 Å². The smallest absolute Gasteiger partial charge is 0.251 e. The van der Waals surface area contributed by atoms with Gasteiger partial charge in [-0.15, -0.1) is 0 Å². The molecule has 2 unspecified atom stereocenters. The molecule has 1 aliphatic heterocycles. The molecule has 1 aromatic rings. The fraction of sp³-hybridized carbons (Fsp3) is 0.500. The van der Waals surface area contributed by atoms with Crippen LogP contribution in [0.4, 0.5) is 0 Å². The van der Waals surface area contributed by atoms with E-state index in [1.54, 1.807) is 36.2 Å². The molecule has 5 heteroatoms. The number of rotatable bonds is 4. The number of phenols is 1. The van der Waals surface area contributed by atoms with Gasteiger partial charge in [-0.05, 0) is 30.5 Å². The quantitative estimate of drug-likeness (QED) is 0.845. The van der Waals surface area contributed by atoms with Crippen molar-refractivity contribution in [2.24, 2.45) is 5.73 Å². The number of nitrogens with zero attached hydrogens (tertiary/aromatic N) is 1. The first kappa shape index (κ1) is 13.8. The molecule has 1 aliphatic rings. The highest BCUT2D eigenvalue weighted by Gasteiger charge is 2.31. The van der Waals surface area contributed by atoms with Crippen molar-refractivity contribution in [3.63, 3.8) is 0 Å². The topological polar surface area (TPSA) is 75.8 Å². The first-order valence-corrected chi connectivity index (χ1v) is 6.48. The standard InChI is InChI=1S/C14H20N2O3/c1-16(9-10-2-4-11(17)5-3-10)14(18)13-7-6-12(8-15)19-13/h2-5,12-13,17H,6-9,15H2,1H3.